The van der Waals surface area contributed by atoms with Gasteiger partial charge in [0.25, 0.3) is 0 Å². The van der Waals surface area contributed by atoms with Crippen molar-refractivity contribution in [2.45, 2.75) is 20.0 Å². The van der Waals surface area contributed by atoms with E-state index in [2.05, 4.69) is 15.0 Å². The van der Waals surface area contributed by atoms with Gasteiger partial charge in [-0.2, -0.15) is 4.98 Å². The van der Waals surface area contributed by atoms with E-state index in [0.29, 0.717) is 42.4 Å². The lowest BCUT2D eigenvalue weighted by molar-refractivity contribution is 0.0391. The van der Waals surface area contributed by atoms with E-state index in [1.54, 1.807) is 6.20 Å². The van der Waals surface area contributed by atoms with Crippen LogP contribution >= 0.6 is 0 Å². The van der Waals surface area contributed by atoms with Gasteiger partial charge in [0.1, 0.15) is 17.7 Å². The predicted molar refractivity (Wildman–Crippen MR) is 117 cm³/mol. The quantitative estimate of drug-likeness (QED) is 0.472. The summed E-state index contributed by atoms with van der Waals surface area (Å²) in [6.45, 7) is 5.42. The third-order valence-corrected chi connectivity index (χ3v) is 5.52. The molecule has 5 rings (SSSR count). The molecule has 0 unspecified atom stereocenters. The SMILES string of the molecule is Cc1cc([C@@H]2CN(c3nc(-c4ccc(F)cc4F)c4ccc(C)nc4n3)CCO2)ccn1. The number of hydrogen-bond donors (Lipinski definition) is 0. The number of nitrogens with zero attached hydrogens (tertiary/aromatic N) is 5. The molecule has 0 bridgehead atoms. The number of rotatable bonds is 3. The van der Waals surface area contributed by atoms with Crippen LogP contribution in [0.5, 0.6) is 0 Å². The van der Waals surface area contributed by atoms with Crippen molar-refractivity contribution in [3.8, 4) is 11.3 Å². The van der Waals surface area contributed by atoms with Crippen molar-refractivity contribution in [1.29, 1.82) is 0 Å². The minimum absolute atomic E-state index is 0.166. The zero-order chi connectivity index (χ0) is 22.2. The van der Waals surface area contributed by atoms with Crippen LogP contribution in [-0.4, -0.2) is 39.6 Å². The van der Waals surface area contributed by atoms with E-state index in [1.807, 2.05) is 43.0 Å². The number of anilines is 1. The Bertz CT molecular complexity index is 1310. The summed E-state index contributed by atoms with van der Waals surface area (Å²) in [4.78, 5) is 20.2. The van der Waals surface area contributed by atoms with Crippen LogP contribution in [0.3, 0.4) is 0 Å². The molecule has 8 heteroatoms. The van der Waals surface area contributed by atoms with Crippen molar-refractivity contribution in [2.24, 2.45) is 0 Å². The number of ether oxygens (including phenoxy) is 1. The summed E-state index contributed by atoms with van der Waals surface area (Å²) >= 11 is 0. The second-order valence-electron chi connectivity index (χ2n) is 7.86. The summed E-state index contributed by atoms with van der Waals surface area (Å²) in [6.07, 6.45) is 1.60. The van der Waals surface area contributed by atoms with Gasteiger partial charge in [-0.1, -0.05) is 0 Å². The molecule has 32 heavy (non-hydrogen) atoms. The maximum absolute atomic E-state index is 14.7. The molecule has 0 N–H and O–H groups in total. The van der Waals surface area contributed by atoms with Gasteiger partial charge in [0.2, 0.25) is 5.95 Å². The molecule has 1 aliphatic heterocycles. The first-order valence-corrected chi connectivity index (χ1v) is 10.4. The van der Waals surface area contributed by atoms with E-state index >= 15 is 0 Å². The minimum Gasteiger partial charge on any atom is -0.370 e. The van der Waals surface area contributed by atoms with Gasteiger partial charge in [0.05, 0.1) is 18.8 Å². The van der Waals surface area contributed by atoms with Gasteiger partial charge in [0, 0.05) is 41.1 Å². The molecule has 1 saturated heterocycles. The predicted octanol–water partition coefficient (Wildman–Crippen LogP) is 4.56. The van der Waals surface area contributed by atoms with Gasteiger partial charge < -0.3 is 9.64 Å². The summed E-state index contributed by atoms with van der Waals surface area (Å²) < 4.78 is 34.2. The highest BCUT2D eigenvalue weighted by Crippen LogP contribution is 2.31. The average Bonchev–Trinajstić information content (AvgIpc) is 2.78. The van der Waals surface area contributed by atoms with Crippen LogP contribution in [0.1, 0.15) is 23.1 Å². The number of morpholine rings is 1. The monoisotopic (exact) mass is 433 g/mol. The minimum atomic E-state index is -0.677. The van der Waals surface area contributed by atoms with Gasteiger partial charge >= 0.3 is 0 Å². The fourth-order valence-corrected chi connectivity index (χ4v) is 3.92. The third kappa shape index (κ3) is 3.89. The maximum Gasteiger partial charge on any atom is 0.228 e. The number of aromatic nitrogens is 4. The number of fused-ring (bicyclic) bond motifs is 1. The zero-order valence-corrected chi connectivity index (χ0v) is 17.7. The number of pyridine rings is 2. The molecular weight excluding hydrogens is 412 g/mol. The van der Waals surface area contributed by atoms with Crippen molar-refractivity contribution >= 4 is 17.0 Å². The average molecular weight is 433 g/mol. The molecule has 0 radical (unpaired) electrons. The molecule has 4 heterocycles. The van der Waals surface area contributed by atoms with Crippen molar-refractivity contribution in [2.75, 3.05) is 24.6 Å². The molecule has 0 saturated carbocycles. The Balaban J connectivity index is 1.59. The van der Waals surface area contributed by atoms with Gasteiger partial charge in [0.15, 0.2) is 5.65 Å². The Kier molecular flexibility index (Phi) is 5.22. The van der Waals surface area contributed by atoms with E-state index in [1.165, 1.54) is 12.1 Å². The molecule has 1 atom stereocenters. The lowest BCUT2D eigenvalue weighted by Gasteiger charge is -2.33. The number of hydrogen-bond acceptors (Lipinski definition) is 6. The van der Waals surface area contributed by atoms with E-state index in [0.717, 1.165) is 23.0 Å². The van der Waals surface area contributed by atoms with Crippen molar-refractivity contribution in [3.63, 3.8) is 0 Å². The van der Waals surface area contributed by atoms with Crippen molar-refractivity contribution < 1.29 is 13.5 Å². The van der Waals surface area contributed by atoms with E-state index in [-0.39, 0.29) is 11.7 Å². The first kappa shape index (κ1) is 20.4. The van der Waals surface area contributed by atoms with Gasteiger partial charge in [-0.3, -0.25) is 4.98 Å². The van der Waals surface area contributed by atoms with Crippen molar-refractivity contribution in [1.82, 2.24) is 19.9 Å². The fraction of sp³-hybridized carbons (Fsp3) is 0.250. The molecule has 1 aliphatic rings. The highest BCUT2D eigenvalue weighted by atomic mass is 19.1. The Labute approximate surface area is 183 Å². The number of halogens is 2. The molecule has 1 aromatic carbocycles. The molecule has 0 amide bonds. The standard InChI is InChI=1S/C24H21F2N5O/c1-14-3-5-19-22(18-6-4-17(25)12-20(18)26)29-24(30-23(19)28-14)31-9-10-32-21(13-31)16-7-8-27-15(2)11-16/h3-8,11-12,21H,9-10,13H2,1-2H3/t21-/m0/s1. The van der Waals surface area contributed by atoms with Gasteiger partial charge in [-0.05, 0) is 55.8 Å². The first-order chi connectivity index (χ1) is 15.5. The highest BCUT2D eigenvalue weighted by molar-refractivity contribution is 5.91. The molecule has 3 aromatic heterocycles. The van der Waals surface area contributed by atoms with Crippen LogP contribution in [-0.2, 0) is 4.74 Å². The van der Waals surface area contributed by atoms with E-state index in [4.69, 9.17) is 9.72 Å². The van der Waals surface area contributed by atoms with Crippen LogP contribution in [0.2, 0.25) is 0 Å². The lowest BCUT2D eigenvalue weighted by atomic mass is 10.1. The first-order valence-electron chi connectivity index (χ1n) is 10.4. The lowest BCUT2D eigenvalue weighted by Crippen LogP contribution is -2.39. The number of benzene rings is 1. The van der Waals surface area contributed by atoms with Crippen LogP contribution < -0.4 is 4.90 Å². The summed E-state index contributed by atoms with van der Waals surface area (Å²) in [7, 11) is 0. The zero-order valence-electron chi connectivity index (χ0n) is 17.7. The maximum atomic E-state index is 14.7. The molecule has 4 aromatic rings. The van der Waals surface area contributed by atoms with Crippen LogP contribution in [0.15, 0.2) is 48.7 Å². The second kappa shape index (κ2) is 8.20. The summed E-state index contributed by atoms with van der Waals surface area (Å²) in [5.41, 5.74) is 3.80. The summed E-state index contributed by atoms with van der Waals surface area (Å²) in [6, 6.07) is 11.1. The van der Waals surface area contributed by atoms with Crippen LogP contribution in [0.25, 0.3) is 22.3 Å². The smallest absolute Gasteiger partial charge is 0.228 e. The van der Waals surface area contributed by atoms with Gasteiger partial charge in [-0.25, -0.2) is 18.7 Å². The molecule has 1 fully saturated rings. The van der Waals surface area contributed by atoms with Crippen molar-refractivity contribution in [3.05, 3.63) is 77.2 Å². The topological polar surface area (TPSA) is 64.0 Å². The molecule has 6 nitrogen and oxygen atoms in total. The third-order valence-electron chi connectivity index (χ3n) is 5.52. The highest BCUT2D eigenvalue weighted by Gasteiger charge is 2.26. The van der Waals surface area contributed by atoms with E-state index in [9.17, 15) is 8.78 Å². The fourth-order valence-electron chi connectivity index (χ4n) is 3.92. The molecule has 0 aliphatic carbocycles. The molecule has 0 spiro atoms. The number of aryl methyl sites for hydroxylation is 2. The summed E-state index contributed by atoms with van der Waals surface area (Å²) in [5, 5.41) is 0.611. The summed E-state index contributed by atoms with van der Waals surface area (Å²) in [5.74, 6) is -0.875. The largest absolute Gasteiger partial charge is 0.370 e. The molecule has 162 valence electrons. The van der Waals surface area contributed by atoms with E-state index < -0.39 is 11.6 Å². The van der Waals surface area contributed by atoms with Gasteiger partial charge in [-0.15, -0.1) is 0 Å². The Morgan fingerprint density at radius 3 is 2.66 bits per heavy atom. The van der Waals surface area contributed by atoms with Crippen LogP contribution in [0, 0.1) is 25.5 Å². The second-order valence-corrected chi connectivity index (χ2v) is 7.86. The Morgan fingerprint density at radius 2 is 1.84 bits per heavy atom. The Hall–Kier alpha value is -3.52. The normalized spacial score (nSPS) is 16.5. The van der Waals surface area contributed by atoms with Crippen LogP contribution in [0.4, 0.5) is 14.7 Å². The Morgan fingerprint density at radius 1 is 0.969 bits per heavy atom. The molecular formula is C24H21F2N5O.